The molecule has 1 amide bonds. The summed E-state index contributed by atoms with van der Waals surface area (Å²) < 4.78 is 0. The van der Waals surface area contributed by atoms with E-state index in [1.165, 1.54) is 25.7 Å². The summed E-state index contributed by atoms with van der Waals surface area (Å²) in [5.74, 6) is 1.51. The lowest BCUT2D eigenvalue weighted by molar-refractivity contribution is -0.124. The van der Waals surface area contributed by atoms with Crippen LogP contribution in [0.2, 0.25) is 0 Å². The average Bonchev–Trinajstić information content (AvgIpc) is 2.33. The van der Waals surface area contributed by atoms with Crippen molar-refractivity contribution in [2.45, 2.75) is 70.3 Å². The van der Waals surface area contributed by atoms with Gasteiger partial charge in [0, 0.05) is 13.0 Å². The third-order valence-electron chi connectivity index (χ3n) is 4.93. The van der Waals surface area contributed by atoms with Gasteiger partial charge in [0.15, 0.2) is 0 Å². The molecule has 3 nitrogen and oxygen atoms in total. The molecule has 0 aliphatic heterocycles. The van der Waals surface area contributed by atoms with E-state index in [1.54, 1.807) is 0 Å². The first kappa shape index (κ1) is 13.9. The van der Waals surface area contributed by atoms with Crippen LogP contribution in [0, 0.1) is 11.8 Å². The fourth-order valence-electron chi connectivity index (χ4n) is 3.09. The van der Waals surface area contributed by atoms with Gasteiger partial charge in [0.05, 0.1) is 5.60 Å². The number of carbonyl (C=O) groups excluding carboxylic acids is 1. The van der Waals surface area contributed by atoms with Gasteiger partial charge in [-0.1, -0.05) is 19.8 Å². The van der Waals surface area contributed by atoms with E-state index in [2.05, 4.69) is 12.2 Å². The van der Waals surface area contributed by atoms with Gasteiger partial charge in [-0.2, -0.15) is 0 Å². The molecule has 0 bridgehead atoms. The SMILES string of the molecule is CCC1CCC(O)(CNC(=O)CC2CCC2)CC1. The second-order valence-electron chi connectivity index (χ2n) is 6.35. The van der Waals surface area contributed by atoms with Crippen LogP contribution in [0.25, 0.3) is 0 Å². The standard InChI is InChI=1S/C15H27NO2/c1-2-12-6-8-15(18,9-7-12)11-16-14(17)10-13-4-3-5-13/h12-13,18H,2-11H2,1H3,(H,16,17). The minimum absolute atomic E-state index is 0.130. The predicted octanol–water partition coefficient (Wildman–Crippen LogP) is 2.62. The second kappa shape index (κ2) is 6.05. The molecule has 0 aromatic rings. The molecule has 2 N–H and O–H groups in total. The highest BCUT2D eigenvalue weighted by Crippen LogP contribution is 2.33. The fraction of sp³-hybridized carbons (Fsp3) is 0.933. The van der Waals surface area contributed by atoms with Gasteiger partial charge in [0.1, 0.15) is 0 Å². The van der Waals surface area contributed by atoms with E-state index >= 15 is 0 Å². The summed E-state index contributed by atoms with van der Waals surface area (Å²) in [6.45, 7) is 2.67. The largest absolute Gasteiger partial charge is 0.388 e. The molecule has 0 unspecified atom stereocenters. The maximum atomic E-state index is 11.7. The zero-order chi connectivity index (χ0) is 13.0. The molecule has 104 valence electrons. The van der Waals surface area contributed by atoms with Crippen molar-refractivity contribution >= 4 is 5.91 Å². The van der Waals surface area contributed by atoms with Crippen LogP contribution in [0.1, 0.15) is 64.7 Å². The van der Waals surface area contributed by atoms with Crippen molar-refractivity contribution in [1.82, 2.24) is 5.32 Å². The Hall–Kier alpha value is -0.570. The molecule has 0 atom stereocenters. The summed E-state index contributed by atoms with van der Waals surface area (Å²) in [5, 5.41) is 13.4. The summed E-state index contributed by atoms with van der Waals surface area (Å²) in [6, 6.07) is 0. The predicted molar refractivity (Wildman–Crippen MR) is 72.2 cm³/mol. The number of rotatable bonds is 5. The van der Waals surface area contributed by atoms with E-state index < -0.39 is 5.60 Å². The van der Waals surface area contributed by atoms with Crippen LogP contribution in [0.15, 0.2) is 0 Å². The lowest BCUT2D eigenvalue weighted by atomic mass is 9.77. The highest BCUT2D eigenvalue weighted by Gasteiger charge is 2.33. The molecule has 18 heavy (non-hydrogen) atoms. The topological polar surface area (TPSA) is 49.3 Å². The third kappa shape index (κ3) is 3.71. The Bertz CT molecular complexity index is 278. The van der Waals surface area contributed by atoms with Gasteiger partial charge in [0.2, 0.25) is 5.91 Å². The molecule has 0 aromatic heterocycles. The van der Waals surface area contributed by atoms with E-state index in [0.717, 1.165) is 31.6 Å². The Kier molecular flexibility index (Phi) is 4.66. The molecule has 2 saturated carbocycles. The Morgan fingerprint density at radius 3 is 2.39 bits per heavy atom. The number of amides is 1. The number of nitrogens with one attached hydrogen (secondary N) is 1. The molecule has 0 saturated heterocycles. The molecule has 2 aliphatic carbocycles. The molecule has 3 heteroatoms. The van der Waals surface area contributed by atoms with Gasteiger partial charge in [0.25, 0.3) is 0 Å². The lowest BCUT2D eigenvalue weighted by Gasteiger charge is -2.36. The summed E-state index contributed by atoms with van der Waals surface area (Å²) in [6.07, 6.45) is 9.45. The summed E-state index contributed by atoms with van der Waals surface area (Å²) >= 11 is 0. The summed E-state index contributed by atoms with van der Waals surface area (Å²) in [7, 11) is 0. The van der Waals surface area contributed by atoms with E-state index in [9.17, 15) is 9.90 Å². The monoisotopic (exact) mass is 253 g/mol. The van der Waals surface area contributed by atoms with E-state index in [1.807, 2.05) is 0 Å². The number of hydrogen-bond donors (Lipinski definition) is 2. The molecular weight excluding hydrogens is 226 g/mol. The maximum absolute atomic E-state index is 11.7. The molecule has 0 radical (unpaired) electrons. The molecule has 2 rings (SSSR count). The van der Waals surface area contributed by atoms with Gasteiger partial charge in [-0.15, -0.1) is 0 Å². The fourth-order valence-corrected chi connectivity index (χ4v) is 3.09. The molecule has 0 aromatic carbocycles. The molecule has 2 fully saturated rings. The lowest BCUT2D eigenvalue weighted by Crippen LogP contribution is -2.45. The second-order valence-corrected chi connectivity index (χ2v) is 6.35. The van der Waals surface area contributed by atoms with E-state index in [0.29, 0.717) is 18.9 Å². The highest BCUT2D eigenvalue weighted by molar-refractivity contribution is 5.76. The minimum Gasteiger partial charge on any atom is -0.388 e. The van der Waals surface area contributed by atoms with Crippen molar-refractivity contribution in [3.63, 3.8) is 0 Å². The van der Waals surface area contributed by atoms with Crippen molar-refractivity contribution in [2.75, 3.05) is 6.54 Å². The smallest absolute Gasteiger partial charge is 0.220 e. The van der Waals surface area contributed by atoms with Gasteiger partial charge < -0.3 is 10.4 Å². The van der Waals surface area contributed by atoms with Crippen molar-refractivity contribution in [3.8, 4) is 0 Å². The number of hydrogen-bond acceptors (Lipinski definition) is 2. The molecular formula is C15H27NO2. The zero-order valence-electron chi connectivity index (χ0n) is 11.6. The molecule has 0 spiro atoms. The van der Waals surface area contributed by atoms with Gasteiger partial charge in [-0.25, -0.2) is 0 Å². The Morgan fingerprint density at radius 2 is 1.89 bits per heavy atom. The third-order valence-corrected chi connectivity index (χ3v) is 4.93. The van der Waals surface area contributed by atoms with Gasteiger partial charge in [-0.05, 0) is 50.4 Å². The maximum Gasteiger partial charge on any atom is 0.220 e. The minimum atomic E-state index is -0.638. The van der Waals surface area contributed by atoms with Crippen molar-refractivity contribution < 1.29 is 9.90 Å². The number of aliphatic hydroxyl groups is 1. The van der Waals surface area contributed by atoms with Crippen LogP contribution in [-0.4, -0.2) is 23.2 Å². The normalized spacial score (nSPS) is 32.9. The number of carbonyl (C=O) groups is 1. The summed E-state index contributed by atoms with van der Waals surface area (Å²) in [5.41, 5.74) is -0.638. The van der Waals surface area contributed by atoms with Crippen LogP contribution in [-0.2, 0) is 4.79 Å². The summed E-state index contributed by atoms with van der Waals surface area (Å²) in [4.78, 5) is 11.7. The first-order valence-electron chi connectivity index (χ1n) is 7.60. The first-order valence-corrected chi connectivity index (χ1v) is 7.60. The van der Waals surface area contributed by atoms with Crippen LogP contribution in [0.4, 0.5) is 0 Å². The molecule has 2 aliphatic rings. The molecule has 0 heterocycles. The van der Waals surface area contributed by atoms with Crippen LogP contribution >= 0.6 is 0 Å². The highest BCUT2D eigenvalue weighted by atomic mass is 16.3. The van der Waals surface area contributed by atoms with Crippen LogP contribution in [0.3, 0.4) is 0 Å². The van der Waals surface area contributed by atoms with E-state index in [-0.39, 0.29) is 5.91 Å². The Balaban J connectivity index is 1.67. The Labute approximate surface area is 110 Å². The zero-order valence-corrected chi connectivity index (χ0v) is 11.6. The van der Waals surface area contributed by atoms with Gasteiger partial charge >= 0.3 is 0 Å². The quantitative estimate of drug-likeness (QED) is 0.791. The Morgan fingerprint density at radius 1 is 1.22 bits per heavy atom. The average molecular weight is 253 g/mol. The van der Waals surface area contributed by atoms with Gasteiger partial charge in [-0.3, -0.25) is 4.79 Å². The van der Waals surface area contributed by atoms with Crippen molar-refractivity contribution in [3.05, 3.63) is 0 Å². The van der Waals surface area contributed by atoms with Crippen molar-refractivity contribution in [2.24, 2.45) is 11.8 Å². The van der Waals surface area contributed by atoms with Crippen LogP contribution < -0.4 is 5.32 Å². The van der Waals surface area contributed by atoms with Crippen LogP contribution in [0.5, 0.6) is 0 Å². The first-order chi connectivity index (χ1) is 8.61. The van der Waals surface area contributed by atoms with Crippen molar-refractivity contribution in [1.29, 1.82) is 0 Å². The van der Waals surface area contributed by atoms with E-state index in [4.69, 9.17) is 0 Å².